The molecule has 166 valence electrons. The van der Waals surface area contributed by atoms with Crippen molar-refractivity contribution in [3.05, 3.63) is 21.4 Å². The Balaban J connectivity index is 1.13. The van der Waals surface area contributed by atoms with E-state index in [1.165, 1.54) is 10.4 Å². The van der Waals surface area contributed by atoms with Gasteiger partial charge in [-0.3, -0.25) is 4.79 Å². The zero-order chi connectivity index (χ0) is 20.7. The third-order valence-corrected chi connectivity index (χ3v) is 9.09. The van der Waals surface area contributed by atoms with Crippen molar-refractivity contribution >= 4 is 17.2 Å². The van der Waals surface area contributed by atoms with Crippen molar-refractivity contribution in [1.29, 1.82) is 0 Å². The molecule has 2 saturated heterocycles. The average molecular weight is 433 g/mol. The van der Waals surface area contributed by atoms with Gasteiger partial charge in [-0.1, -0.05) is 6.92 Å². The number of hydrogen-bond acceptors (Lipinski definition) is 5. The van der Waals surface area contributed by atoms with E-state index in [9.17, 15) is 4.79 Å². The third kappa shape index (κ3) is 3.96. The first-order valence-electron chi connectivity index (χ1n) is 12.0. The van der Waals surface area contributed by atoms with Crippen LogP contribution in [-0.4, -0.2) is 55.3 Å². The third-order valence-electron chi connectivity index (χ3n) is 7.76. The van der Waals surface area contributed by atoms with E-state index in [1.807, 2.05) is 11.3 Å². The van der Waals surface area contributed by atoms with Gasteiger partial charge >= 0.3 is 0 Å². The Morgan fingerprint density at radius 2 is 2.23 bits per heavy atom. The second kappa shape index (κ2) is 8.53. The lowest BCUT2D eigenvalue weighted by atomic mass is 9.76. The molecule has 5 nitrogen and oxygen atoms in total. The van der Waals surface area contributed by atoms with E-state index >= 15 is 0 Å². The summed E-state index contributed by atoms with van der Waals surface area (Å²) >= 11 is 2.01. The van der Waals surface area contributed by atoms with Gasteiger partial charge in [-0.25, -0.2) is 0 Å². The molecule has 1 aromatic rings. The van der Waals surface area contributed by atoms with Crippen LogP contribution in [0.15, 0.2) is 6.07 Å². The van der Waals surface area contributed by atoms with E-state index < -0.39 is 0 Å². The maximum atomic E-state index is 12.2. The van der Waals surface area contributed by atoms with Gasteiger partial charge in [0.1, 0.15) is 6.10 Å². The first-order valence-corrected chi connectivity index (χ1v) is 12.8. The predicted octanol–water partition coefficient (Wildman–Crippen LogP) is 3.64. The molecule has 0 unspecified atom stereocenters. The molecule has 1 amide bonds. The van der Waals surface area contributed by atoms with Crippen LogP contribution in [0.3, 0.4) is 0 Å². The minimum atomic E-state index is -0.201. The quantitative estimate of drug-likeness (QED) is 0.772. The molecule has 1 N–H and O–H groups in total. The number of fused-ring (bicyclic) bond motifs is 2. The van der Waals surface area contributed by atoms with Crippen molar-refractivity contribution in [1.82, 2.24) is 10.2 Å². The van der Waals surface area contributed by atoms with Crippen LogP contribution in [0.5, 0.6) is 0 Å². The molecule has 0 aromatic carbocycles. The topological polar surface area (TPSA) is 50.8 Å². The van der Waals surface area contributed by atoms with Gasteiger partial charge in [0, 0.05) is 48.0 Å². The van der Waals surface area contributed by atoms with E-state index in [0.29, 0.717) is 18.0 Å². The molecule has 1 aliphatic carbocycles. The molecule has 6 heteroatoms. The Morgan fingerprint density at radius 1 is 1.37 bits per heavy atom. The number of thiophene rings is 1. The number of ether oxygens (including phenoxy) is 2. The first-order chi connectivity index (χ1) is 14.6. The van der Waals surface area contributed by atoms with Gasteiger partial charge in [0.05, 0.1) is 12.2 Å². The Bertz CT molecular complexity index is 769. The second-order valence-electron chi connectivity index (χ2n) is 9.84. The van der Waals surface area contributed by atoms with Crippen LogP contribution in [0.1, 0.15) is 67.7 Å². The van der Waals surface area contributed by atoms with Crippen molar-refractivity contribution in [2.75, 3.05) is 26.3 Å². The predicted molar refractivity (Wildman–Crippen MR) is 119 cm³/mol. The molecule has 30 heavy (non-hydrogen) atoms. The minimum absolute atomic E-state index is 0.0508. The van der Waals surface area contributed by atoms with Gasteiger partial charge in [0.25, 0.3) is 0 Å². The molecular weight excluding hydrogens is 396 g/mol. The molecule has 1 spiro atoms. The summed E-state index contributed by atoms with van der Waals surface area (Å²) in [6, 6.07) is 3.32. The molecule has 0 bridgehead atoms. The monoisotopic (exact) mass is 432 g/mol. The zero-order valence-corrected chi connectivity index (χ0v) is 19.3. The number of rotatable bonds is 5. The molecule has 5 rings (SSSR count). The number of carbonyl (C=O) groups excluding carboxylic acids is 1. The van der Waals surface area contributed by atoms with Crippen LogP contribution in [0.25, 0.3) is 0 Å². The number of piperidine rings is 1. The highest BCUT2D eigenvalue weighted by molar-refractivity contribution is 7.12. The van der Waals surface area contributed by atoms with E-state index in [0.717, 1.165) is 77.7 Å². The molecule has 3 fully saturated rings. The van der Waals surface area contributed by atoms with Crippen molar-refractivity contribution in [2.24, 2.45) is 5.92 Å². The Morgan fingerprint density at radius 3 is 2.97 bits per heavy atom. The summed E-state index contributed by atoms with van der Waals surface area (Å²) in [5.74, 6) is 0.809. The molecule has 3 atom stereocenters. The molecule has 0 radical (unpaired) electrons. The van der Waals surface area contributed by atoms with Crippen LogP contribution < -0.4 is 5.32 Å². The highest BCUT2D eigenvalue weighted by Crippen LogP contribution is 2.46. The van der Waals surface area contributed by atoms with Gasteiger partial charge in [-0.2, -0.15) is 0 Å². The Kier molecular flexibility index (Phi) is 5.95. The highest BCUT2D eigenvalue weighted by Gasteiger charge is 2.45. The summed E-state index contributed by atoms with van der Waals surface area (Å²) in [5, 5.41) is 3.20. The van der Waals surface area contributed by atoms with Gasteiger partial charge in [-0.05, 0) is 69.4 Å². The van der Waals surface area contributed by atoms with Crippen molar-refractivity contribution in [3.63, 3.8) is 0 Å². The molecule has 4 aliphatic rings. The van der Waals surface area contributed by atoms with Crippen molar-refractivity contribution in [3.8, 4) is 0 Å². The van der Waals surface area contributed by atoms with E-state index in [1.54, 1.807) is 4.88 Å². The highest BCUT2D eigenvalue weighted by atomic mass is 32.1. The Hall–Kier alpha value is -0.950. The lowest BCUT2D eigenvalue weighted by Crippen LogP contribution is -2.54. The lowest BCUT2D eigenvalue weighted by molar-refractivity contribution is -0.132. The number of amides is 1. The van der Waals surface area contributed by atoms with Gasteiger partial charge in [0.15, 0.2) is 0 Å². The summed E-state index contributed by atoms with van der Waals surface area (Å²) in [6.45, 7) is 8.50. The molecule has 3 aliphatic heterocycles. The average Bonchev–Trinajstić information content (AvgIpc) is 3.38. The largest absolute Gasteiger partial charge is 0.370 e. The van der Waals surface area contributed by atoms with Crippen molar-refractivity contribution < 1.29 is 14.3 Å². The van der Waals surface area contributed by atoms with Crippen LogP contribution in [0.4, 0.5) is 0 Å². The summed E-state index contributed by atoms with van der Waals surface area (Å²) in [6.07, 6.45) is 8.33. The lowest BCUT2D eigenvalue weighted by Gasteiger charge is -2.49. The van der Waals surface area contributed by atoms with Crippen molar-refractivity contribution in [2.45, 2.75) is 89.0 Å². The SMILES string of the molecule is CCc1cc2c(s1)CCO[C@@]21CCN(C[C@H]2C[C@@H](NC(=O)[C@H]3CCCO3)C2)[C@@H](C)C1. The number of nitrogens with one attached hydrogen (secondary N) is 1. The zero-order valence-electron chi connectivity index (χ0n) is 18.5. The maximum Gasteiger partial charge on any atom is 0.249 e. The fraction of sp³-hybridized carbons (Fsp3) is 0.792. The second-order valence-corrected chi connectivity index (χ2v) is 11.1. The van der Waals surface area contributed by atoms with E-state index in [-0.39, 0.29) is 17.6 Å². The van der Waals surface area contributed by atoms with Gasteiger partial charge in [-0.15, -0.1) is 11.3 Å². The number of carbonyl (C=O) groups is 1. The summed E-state index contributed by atoms with van der Waals surface area (Å²) in [5.41, 5.74) is 1.45. The normalized spacial score (nSPS) is 36.5. The van der Waals surface area contributed by atoms with Crippen LogP contribution >= 0.6 is 11.3 Å². The number of likely N-dealkylation sites (tertiary alicyclic amines) is 1. The molecule has 1 aromatic heterocycles. The maximum absolute atomic E-state index is 12.2. The van der Waals surface area contributed by atoms with Crippen LogP contribution in [0, 0.1) is 5.92 Å². The first kappa shape index (κ1) is 20.9. The van der Waals surface area contributed by atoms with Crippen LogP contribution in [-0.2, 0) is 32.7 Å². The fourth-order valence-electron chi connectivity index (χ4n) is 5.96. The Labute approximate surface area is 184 Å². The molecule has 4 heterocycles. The number of hydrogen-bond donors (Lipinski definition) is 1. The summed E-state index contributed by atoms with van der Waals surface area (Å²) in [4.78, 5) is 18.0. The van der Waals surface area contributed by atoms with Crippen LogP contribution in [0.2, 0.25) is 0 Å². The minimum Gasteiger partial charge on any atom is -0.370 e. The summed E-state index contributed by atoms with van der Waals surface area (Å²) in [7, 11) is 0. The van der Waals surface area contributed by atoms with E-state index in [4.69, 9.17) is 9.47 Å². The molecule has 1 saturated carbocycles. The number of aryl methyl sites for hydroxylation is 1. The standard InChI is InChI=1S/C24H36N2O3S/c1-3-19-13-20-22(30-19)6-10-29-24(20)7-8-26(16(2)14-24)15-17-11-18(12-17)25-23(27)21-5-4-9-28-21/h13,16-18,21H,3-12,14-15H2,1-2H3,(H,25,27)/t16-,17-,18+,21+,24+/m0/s1. The smallest absolute Gasteiger partial charge is 0.249 e. The molecular formula is C24H36N2O3S. The van der Waals surface area contributed by atoms with Gasteiger partial charge < -0.3 is 19.7 Å². The number of nitrogens with zero attached hydrogens (tertiary/aromatic N) is 1. The summed E-state index contributed by atoms with van der Waals surface area (Å²) < 4.78 is 12.0. The fourth-order valence-corrected chi connectivity index (χ4v) is 7.14. The van der Waals surface area contributed by atoms with Gasteiger partial charge in [0.2, 0.25) is 5.91 Å². The van der Waals surface area contributed by atoms with E-state index in [2.05, 4.69) is 30.1 Å².